The second-order valence-corrected chi connectivity index (χ2v) is 10.4. The van der Waals surface area contributed by atoms with Crippen LogP contribution in [-0.2, 0) is 10.0 Å². The average molecular weight is 544 g/mol. The summed E-state index contributed by atoms with van der Waals surface area (Å²) < 4.78 is 33.4. The Morgan fingerprint density at radius 3 is 2.06 bits per heavy atom. The molecule has 0 aliphatic carbocycles. The van der Waals surface area contributed by atoms with Crippen molar-refractivity contribution in [2.24, 2.45) is 0 Å². The molecule has 0 spiro atoms. The molecule has 3 aromatic carbocycles. The highest BCUT2D eigenvalue weighted by Gasteiger charge is 2.19. The summed E-state index contributed by atoms with van der Waals surface area (Å²) >= 11 is 12.1. The topological polar surface area (TPSA) is 105 Å². The van der Waals surface area contributed by atoms with E-state index in [1.807, 2.05) is 37.3 Å². The van der Waals surface area contributed by atoms with E-state index >= 15 is 0 Å². The summed E-state index contributed by atoms with van der Waals surface area (Å²) in [6, 6.07) is 18.9. The summed E-state index contributed by atoms with van der Waals surface area (Å²) in [5.41, 5.74) is 3.28. The lowest BCUT2D eigenvalue weighted by atomic mass is 10.2. The Bertz CT molecular complexity index is 1500. The smallest absolute Gasteiger partial charge is 0.263 e. The van der Waals surface area contributed by atoms with Crippen LogP contribution in [0.15, 0.2) is 71.6 Å². The molecule has 0 bridgehead atoms. The molecular formula is C25H23Cl2N5O3S. The van der Waals surface area contributed by atoms with Crippen molar-refractivity contribution in [3.63, 3.8) is 0 Å². The van der Waals surface area contributed by atoms with E-state index in [2.05, 4.69) is 25.3 Å². The molecule has 1 aromatic heterocycles. The molecular weight excluding hydrogens is 521 g/mol. The van der Waals surface area contributed by atoms with Crippen LogP contribution in [0.25, 0.3) is 0 Å². The third-order valence-corrected chi connectivity index (χ3v) is 7.37. The zero-order valence-corrected chi connectivity index (χ0v) is 22.0. The van der Waals surface area contributed by atoms with Crippen LogP contribution in [0.4, 0.5) is 28.8 Å². The minimum atomic E-state index is -3.90. The van der Waals surface area contributed by atoms with Crippen molar-refractivity contribution < 1.29 is 13.2 Å². The van der Waals surface area contributed by atoms with Gasteiger partial charge < -0.3 is 15.4 Å². The quantitative estimate of drug-likeness (QED) is 0.227. The van der Waals surface area contributed by atoms with E-state index in [9.17, 15) is 8.42 Å². The summed E-state index contributed by atoms with van der Waals surface area (Å²) in [6.07, 6.45) is 0. The maximum Gasteiger partial charge on any atom is 0.263 e. The molecule has 4 rings (SSSR count). The van der Waals surface area contributed by atoms with Gasteiger partial charge in [0.05, 0.1) is 12.1 Å². The van der Waals surface area contributed by atoms with Crippen LogP contribution in [0.1, 0.15) is 11.3 Å². The number of nitrogens with one attached hydrogen (secondary N) is 3. The molecule has 8 nitrogen and oxygen atoms in total. The van der Waals surface area contributed by atoms with Crippen molar-refractivity contribution in [2.75, 3.05) is 22.5 Å². The normalized spacial score (nSPS) is 11.1. The van der Waals surface area contributed by atoms with Crippen molar-refractivity contribution in [2.45, 2.75) is 18.7 Å². The molecule has 0 aliphatic heterocycles. The lowest BCUT2D eigenvalue weighted by molar-refractivity contribution is 0.415. The van der Waals surface area contributed by atoms with Crippen LogP contribution in [-0.4, -0.2) is 25.5 Å². The van der Waals surface area contributed by atoms with Crippen LogP contribution < -0.4 is 20.1 Å². The number of ether oxygens (including phenoxy) is 1. The maximum absolute atomic E-state index is 12.8. The Hall–Kier alpha value is -3.53. The Kier molecular flexibility index (Phi) is 7.53. The van der Waals surface area contributed by atoms with Crippen molar-refractivity contribution in [3.8, 4) is 5.75 Å². The number of rotatable bonds is 8. The molecule has 186 valence electrons. The fourth-order valence-corrected chi connectivity index (χ4v) is 5.20. The summed E-state index contributed by atoms with van der Waals surface area (Å²) in [5, 5.41) is 6.83. The molecule has 4 aromatic rings. The lowest BCUT2D eigenvalue weighted by Gasteiger charge is -2.13. The van der Waals surface area contributed by atoms with E-state index in [-0.39, 0.29) is 9.92 Å². The van der Waals surface area contributed by atoms with Crippen LogP contribution in [0.3, 0.4) is 0 Å². The molecule has 0 saturated heterocycles. The minimum Gasteiger partial charge on any atom is -0.497 e. The van der Waals surface area contributed by atoms with Crippen LogP contribution in [0.2, 0.25) is 10.0 Å². The first-order chi connectivity index (χ1) is 17.1. The van der Waals surface area contributed by atoms with Gasteiger partial charge in [-0.1, -0.05) is 23.2 Å². The molecule has 0 unspecified atom stereocenters. The Balaban J connectivity index is 1.47. The number of hydrogen-bond acceptors (Lipinski definition) is 7. The van der Waals surface area contributed by atoms with Gasteiger partial charge in [0, 0.05) is 33.8 Å². The molecule has 36 heavy (non-hydrogen) atoms. The van der Waals surface area contributed by atoms with Crippen molar-refractivity contribution in [1.29, 1.82) is 0 Å². The van der Waals surface area contributed by atoms with Crippen molar-refractivity contribution in [3.05, 3.63) is 88.0 Å². The minimum absolute atomic E-state index is 0.0432. The SMILES string of the molecule is COc1ccc(Nc2cc(C)nc(Nc3ccc(NS(=O)(=O)c4cc(C)c(Cl)cc4Cl)cc3)n2)cc1. The van der Waals surface area contributed by atoms with Gasteiger partial charge in [-0.15, -0.1) is 0 Å². The third kappa shape index (κ3) is 6.17. The van der Waals surface area contributed by atoms with Gasteiger partial charge >= 0.3 is 0 Å². The van der Waals surface area contributed by atoms with Crippen LogP contribution in [0, 0.1) is 13.8 Å². The Morgan fingerprint density at radius 1 is 0.778 bits per heavy atom. The fourth-order valence-electron chi connectivity index (χ4n) is 3.31. The first kappa shape index (κ1) is 25.6. The average Bonchev–Trinajstić information content (AvgIpc) is 2.82. The lowest BCUT2D eigenvalue weighted by Crippen LogP contribution is -2.13. The van der Waals surface area contributed by atoms with Gasteiger partial charge in [0.2, 0.25) is 5.95 Å². The fraction of sp³-hybridized carbons (Fsp3) is 0.120. The molecule has 0 aliphatic rings. The number of benzene rings is 3. The summed E-state index contributed by atoms with van der Waals surface area (Å²) in [4.78, 5) is 8.89. The molecule has 0 atom stereocenters. The van der Waals surface area contributed by atoms with Gasteiger partial charge in [0.1, 0.15) is 16.5 Å². The number of aryl methyl sites for hydroxylation is 2. The standard InChI is InChI=1S/C25H23Cl2N5O3S/c1-15-12-23(22(27)14-21(15)26)36(33,34)32-19-6-4-18(5-7-19)30-25-28-16(2)13-24(31-25)29-17-8-10-20(35-3)11-9-17/h4-14,32H,1-3H3,(H2,28,29,30,31). The predicted octanol–water partition coefficient (Wildman–Crippen LogP) is 6.70. The highest BCUT2D eigenvalue weighted by atomic mass is 35.5. The predicted molar refractivity (Wildman–Crippen MR) is 145 cm³/mol. The van der Waals surface area contributed by atoms with Gasteiger partial charge in [-0.2, -0.15) is 4.98 Å². The second kappa shape index (κ2) is 10.6. The van der Waals surface area contributed by atoms with Crippen molar-refractivity contribution in [1.82, 2.24) is 9.97 Å². The van der Waals surface area contributed by atoms with E-state index in [0.29, 0.717) is 33.7 Å². The molecule has 0 saturated carbocycles. The van der Waals surface area contributed by atoms with E-state index in [1.54, 1.807) is 38.3 Å². The van der Waals surface area contributed by atoms with Crippen LogP contribution >= 0.6 is 23.2 Å². The largest absolute Gasteiger partial charge is 0.497 e. The summed E-state index contributed by atoms with van der Waals surface area (Å²) in [6.45, 7) is 3.58. The van der Waals surface area contributed by atoms with Crippen LogP contribution in [0.5, 0.6) is 5.75 Å². The molecule has 11 heteroatoms. The van der Waals surface area contributed by atoms with E-state index < -0.39 is 10.0 Å². The number of halogens is 2. The summed E-state index contributed by atoms with van der Waals surface area (Å²) in [5.74, 6) is 1.77. The number of aromatic nitrogens is 2. The molecule has 3 N–H and O–H groups in total. The highest BCUT2D eigenvalue weighted by Crippen LogP contribution is 2.30. The monoisotopic (exact) mass is 543 g/mol. The molecule has 0 radical (unpaired) electrons. The number of sulfonamides is 1. The van der Waals surface area contributed by atoms with Gasteiger partial charge in [-0.3, -0.25) is 4.72 Å². The maximum atomic E-state index is 12.8. The first-order valence-corrected chi connectivity index (χ1v) is 13.0. The molecule has 0 amide bonds. The third-order valence-electron chi connectivity index (χ3n) is 5.11. The summed E-state index contributed by atoms with van der Waals surface area (Å²) in [7, 11) is -2.29. The number of methoxy groups -OCH3 is 1. The van der Waals surface area contributed by atoms with E-state index in [0.717, 1.165) is 17.1 Å². The highest BCUT2D eigenvalue weighted by molar-refractivity contribution is 7.92. The van der Waals surface area contributed by atoms with Gasteiger partial charge in [-0.25, -0.2) is 13.4 Å². The Labute approximate surface area is 219 Å². The number of hydrogen-bond donors (Lipinski definition) is 3. The number of anilines is 5. The molecule has 1 heterocycles. The van der Waals surface area contributed by atoms with Crippen molar-refractivity contribution >= 4 is 62.1 Å². The van der Waals surface area contributed by atoms with E-state index in [4.69, 9.17) is 27.9 Å². The van der Waals surface area contributed by atoms with Gasteiger partial charge in [0.25, 0.3) is 10.0 Å². The van der Waals surface area contributed by atoms with Gasteiger partial charge in [-0.05, 0) is 80.1 Å². The zero-order chi connectivity index (χ0) is 25.9. The van der Waals surface area contributed by atoms with E-state index in [1.165, 1.54) is 12.1 Å². The zero-order valence-electron chi connectivity index (χ0n) is 19.6. The second-order valence-electron chi connectivity index (χ2n) is 7.91. The Morgan fingerprint density at radius 2 is 1.39 bits per heavy atom. The number of nitrogens with zero attached hydrogens (tertiary/aromatic N) is 2. The van der Waals surface area contributed by atoms with Gasteiger partial charge in [0.15, 0.2) is 0 Å². The first-order valence-electron chi connectivity index (χ1n) is 10.8. The molecule has 0 fully saturated rings.